The molecule has 48 valence electrons. The summed E-state index contributed by atoms with van der Waals surface area (Å²) in [6.07, 6.45) is 1.98. The van der Waals surface area contributed by atoms with Crippen LogP contribution in [0.4, 0.5) is 0 Å². The fourth-order valence-electron chi connectivity index (χ4n) is 0.243. The Bertz CT molecular complexity index is 65.4. The summed E-state index contributed by atoms with van der Waals surface area (Å²) in [6.45, 7) is 3.01. The van der Waals surface area contributed by atoms with Gasteiger partial charge in [-0.25, -0.2) is 0 Å². The second-order valence-electron chi connectivity index (χ2n) is 1.48. The van der Waals surface area contributed by atoms with Crippen molar-refractivity contribution in [3.8, 4) is 0 Å². The Kier molecular flexibility index (Phi) is 4.85. The zero-order valence-electron chi connectivity index (χ0n) is 5.09. The third-order valence-corrected chi connectivity index (χ3v) is 1.74. The summed E-state index contributed by atoms with van der Waals surface area (Å²) in [5, 5.41) is 0.417. The van der Waals surface area contributed by atoms with Crippen LogP contribution < -0.4 is 0 Å². The predicted octanol–water partition coefficient (Wildman–Crippen LogP) is 0.911. The quantitative estimate of drug-likeness (QED) is 0.535. The number of hydrogen-bond acceptors (Lipinski definition) is 3. The summed E-state index contributed by atoms with van der Waals surface area (Å²) >= 11 is 1.68. The van der Waals surface area contributed by atoms with Gasteiger partial charge >= 0.3 is 0 Å². The zero-order valence-corrected chi connectivity index (χ0v) is 5.90. The monoisotopic (exact) mass is 134 g/mol. The van der Waals surface area contributed by atoms with Gasteiger partial charge in [0.1, 0.15) is 6.61 Å². The summed E-state index contributed by atoms with van der Waals surface area (Å²) in [5.41, 5.74) is 0. The molecule has 1 unspecified atom stereocenters. The molecule has 0 aromatic carbocycles. The number of rotatable bonds is 4. The van der Waals surface area contributed by atoms with Crippen LogP contribution in [0.2, 0.25) is 0 Å². The Morgan fingerprint density at radius 2 is 2.50 bits per heavy atom. The molecule has 3 heteroatoms. The highest BCUT2D eigenvalue weighted by Gasteiger charge is 1.95. The Morgan fingerprint density at radius 1 is 1.88 bits per heavy atom. The van der Waals surface area contributed by atoms with Gasteiger partial charge in [0.2, 0.25) is 0 Å². The van der Waals surface area contributed by atoms with E-state index < -0.39 is 0 Å². The average Bonchev–Trinajstić information content (AvgIpc) is 1.83. The maximum absolute atomic E-state index is 9.59. The van der Waals surface area contributed by atoms with Crippen LogP contribution in [0, 0.1) is 0 Å². The molecule has 0 heterocycles. The first kappa shape index (κ1) is 7.82. The number of thioether (sulfide) groups is 1. The molecule has 0 saturated carbocycles. The minimum atomic E-state index is 0.417. The van der Waals surface area contributed by atoms with Crippen LogP contribution in [0.15, 0.2) is 0 Å². The van der Waals surface area contributed by atoms with Gasteiger partial charge in [0.15, 0.2) is 0 Å². The normalized spacial score (nSPS) is 12.8. The van der Waals surface area contributed by atoms with Gasteiger partial charge in [-0.2, -0.15) is 11.8 Å². The third-order valence-electron chi connectivity index (χ3n) is 0.801. The van der Waals surface area contributed by atoms with Gasteiger partial charge in [-0.1, -0.05) is 6.92 Å². The molecule has 0 saturated heterocycles. The molecule has 0 rings (SSSR count). The van der Waals surface area contributed by atoms with Crippen molar-refractivity contribution >= 4 is 18.2 Å². The Morgan fingerprint density at radius 3 is 2.88 bits per heavy atom. The van der Waals surface area contributed by atoms with Crippen LogP contribution in [0.3, 0.4) is 0 Å². The topological polar surface area (TPSA) is 26.3 Å². The number of hydrogen-bond donors (Lipinski definition) is 0. The highest BCUT2D eigenvalue weighted by Crippen LogP contribution is 2.03. The van der Waals surface area contributed by atoms with Crippen molar-refractivity contribution in [3.63, 3.8) is 0 Å². The zero-order chi connectivity index (χ0) is 6.41. The first-order valence-corrected chi connectivity index (χ1v) is 3.68. The van der Waals surface area contributed by atoms with Crippen LogP contribution in [-0.2, 0) is 9.53 Å². The van der Waals surface area contributed by atoms with E-state index in [9.17, 15) is 4.79 Å². The lowest BCUT2D eigenvalue weighted by Gasteiger charge is -2.03. The Balaban J connectivity index is 2.97. The molecule has 0 radical (unpaired) electrons. The smallest absolute Gasteiger partial charge is 0.293 e. The maximum Gasteiger partial charge on any atom is 0.293 e. The first-order chi connectivity index (χ1) is 3.81. The third kappa shape index (κ3) is 3.99. The average molecular weight is 134 g/mol. The predicted molar refractivity (Wildman–Crippen MR) is 35.0 cm³/mol. The Labute approximate surface area is 53.6 Å². The second kappa shape index (κ2) is 4.97. The lowest BCUT2D eigenvalue weighted by atomic mass is 10.5. The summed E-state index contributed by atoms with van der Waals surface area (Å²) in [6, 6.07) is 0. The van der Waals surface area contributed by atoms with Gasteiger partial charge in [-0.3, -0.25) is 4.79 Å². The van der Waals surface area contributed by atoms with Crippen LogP contribution in [0.1, 0.15) is 6.92 Å². The van der Waals surface area contributed by atoms with E-state index in [1.165, 1.54) is 0 Å². The molecular formula is C5H10O2S. The van der Waals surface area contributed by atoms with Gasteiger partial charge in [0.25, 0.3) is 6.47 Å². The van der Waals surface area contributed by atoms with E-state index in [0.717, 1.165) is 0 Å². The van der Waals surface area contributed by atoms with Crippen LogP contribution >= 0.6 is 11.8 Å². The number of carbonyl (C=O) groups excluding carboxylic acids is 1. The Hall–Kier alpha value is -0.180. The summed E-state index contributed by atoms with van der Waals surface area (Å²) in [7, 11) is 0. The van der Waals surface area contributed by atoms with E-state index in [4.69, 9.17) is 0 Å². The fraction of sp³-hybridized carbons (Fsp3) is 0.800. The van der Waals surface area contributed by atoms with Crippen molar-refractivity contribution in [3.05, 3.63) is 0 Å². The summed E-state index contributed by atoms with van der Waals surface area (Å²) in [5.74, 6) is 0. The van der Waals surface area contributed by atoms with Gasteiger partial charge in [-0.05, 0) is 6.26 Å². The van der Waals surface area contributed by atoms with E-state index in [0.29, 0.717) is 18.3 Å². The molecule has 0 aromatic heterocycles. The van der Waals surface area contributed by atoms with E-state index >= 15 is 0 Å². The molecule has 0 aliphatic heterocycles. The first-order valence-electron chi connectivity index (χ1n) is 2.39. The van der Waals surface area contributed by atoms with Crippen LogP contribution in [0.25, 0.3) is 0 Å². The molecule has 0 bridgehead atoms. The van der Waals surface area contributed by atoms with Crippen LogP contribution in [0.5, 0.6) is 0 Å². The summed E-state index contributed by atoms with van der Waals surface area (Å²) < 4.78 is 4.48. The van der Waals surface area contributed by atoms with Crippen molar-refractivity contribution < 1.29 is 9.53 Å². The molecule has 0 aromatic rings. The van der Waals surface area contributed by atoms with Crippen LogP contribution in [-0.4, -0.2) is 24.6 Å². The van der Waals surface area contributed by atoms with E-state index in [2.05, 4.69) is 4.74 Å². The number of ether oxygens (including phenoxy) is 1. The van der Waals surface area contributed by atoms with Crippen molar-refractivity contribution in [1.82, 2.24) is 0 Å². The molecule has 0 aliphatic carbocycles. The van der Waals surface area contributed by atoms with Crippen molar-refractivity contribution in [2.24, 2.45) is 0 Å². The van der Waals surface area contributed by atoms with E-state index in [-0.39, 0.29) is 0 Å². The van der Waals surface area contributed by atoms with E-state index in [1.54, 1.807) is 11.8 Å². The minimum Gasteiger partial charge on any atom is -0.467 e. The standard InChI is InChI=1S/C5H10O2S/c1-5(8-2)3-7-4-6/h4-5H,3H2,1-2H3. The largest absolute Gasteiger partial charge is 0.467 e. The molecule has 0 aliphatic rings. The minimum absolute atomic E-state index is 0.417. The molecule has 8 heavy (non-hydrogen) atoms. The van der Waals surface area contributed by atoms with Gasteiger partial charge in [0.05, 0.1) is 0 Å². The molecule has 0 spiro atoms. The van der Waals surface area contributed by atoms with E-state index in [1.807, 2.05) is 13.2 Å². The molecule has 1 atom stereocenters. The van der Waals surface area contributed by atoms with Gasteiger partial charge < -0.3 is 4.74 Å². The maximum atomic E-state index is 9.59. The SMILES string of the molecule is CSC(C)COC=O. The summed E-state index contributed by atoms with van der Waals surface area (Å²) in [4.78, 5) is 9.59. The van der Waals surface area contributed by atoms with Crippen molar-refractivity contribution in [2.75, 3.05) is 12.9 Å². The molecule has 2 nitrogen and oxygen atoms in total. The highest BCUT2D eigenvalue weighted by molar-refractivity contribution is 7.99. The molecule has 0 N–H and O–H groups in total. The highest BCUT2D eigenvalue weighted by atomic mass is 32.2. The number of carbonyl (C=O) groups is 1. The lowest BCUT2D eigenvalue weighted by molar-refractivity contribution is -0.128. The van der Waals surface area contributed by atoms with Gasteiger partial charge in [-0.15, -0.1) is 0 Å². The lowest BCUT2D eigenvalue weighted by Crippen LogP contribution is -2.05. The second-order valence-corrected chi connectivity index (χ2v) is 2.75. The molecule has 0 amide bonds. The van der Waals surface area contributed by atoms with Gasteiger partial charge in [0, 0.05) is 5.25 Å². The molecular weight excluding hydrogens is 124 g/mol. The van der Waals surface area contributed by atoms with Crippen molar-refractivity contribution in [2.45, 2.75) is 12.2 Å². The van der Waals surface area contributed by atoms with Crippen molar-refractivity contribution in [1.29, 1.82) is 0 Å². The molecule has 0 fully saturated rings. The fourth-order valence-corrected chi connectivity index (χ4v) is 0.457.